The number of carbonyl (C=O) groups excluding carboxylic acids is 1. The van der Waals surface area contributed by atoms with Crippen molar-refractivity contribution in [3.05, 3.63) is 56.9 Å². The summed E-state index contributed by atoms with van der Waals surface area (Å²) in [4.78, 5) is 12.4. The molecule has 0 saturated carbocycles. The van der Waals surface area contributed by atoms with Crippen LogP contribution in [-0.4, -0.2) is 30.0 Å². The van der Waals surface area contributed by atoms with Gasteiger partial charge in [-0.1, -0.05) is 41.6 Å². The average molecular weight is 478 g/mol. The average Bonchev–Trinajstić information content (AvgIpc) is 3.03. The van der Waals surface area contributed by atoms with Crippen LogP contribution in [0.1, 0.15) is 30.0 Å². The zero-order valence-electron chi connectivity index (χ0n) is 17.6. The molecule has 0 atom stereocenters. The van der Waals surface area contributed by atoms with Crippen molar-refractivity contribution in [2.24, 2.45) is 0 Å². The van der Waals surface area contributed by atoms with Crippen LogP contribution in [0.2, 0.25) is 5.02 Å². The third-order valence-electron chi connectivity index (χ3n) is 4.55. The third kappa shape index (κ3) is 6.38. The van der Waals surface area contributed by atoms with Crippen molar-refractivity contribution in [2.45, 2.75) is 27.2 Å². The van der Waals surface area contributed by atoms with Crippen molar-refractivity contribution in [2.75, 3.05) is 19.8 Å². The minimum Gasteiger partial charge on any atom is -0.493 e. The highest BCUT2D eigenvalue weighted by Crippen LogP contribution is 2.38. The van der Waals surface area contributed by atoms with E-state index in [-0.39, 0.29) is 5.91 Å². The Morgan fingerprint density at radius 2 is 1.87 bits per heavy atom. The number of hydrogen-bond donors (Lipinski definition) is 1. The van der Waals surface area contributed by atoms with E-state index in [1.165, 1.54) is 22.9 Å². The normalized spacial score (nSPS) is 14.6. The summed E-state index contributed by atoms with van der Waals surface area (Å²) in [5.74, 6) is 1.65. The van der Waals surface area contributed by atoms with Gasteiger partial charge in [0.25, 0.3) is 5.91 Å². The van der Waals surface area contributed by atoms with Gasteiger partial charge in [-0.15, -0.1) is 0 Å². The van der Waals surface area contributed by atoms with Gasteiger partial charge in [0.15, 0.2) is 11.5 Å². The second-order valence-corrected chi connectivity index (χ2v) is 9.04. The van der Waals surface area contributed by atoms with Crippen molar-refractivity contribution in [1.29, 1.82) is 0 Å². The highest BCUT2D eigenvalue weighted by Gasteiger charge is 2.22. The summed E-state index contributed by atoms with van der Waals surface area (Å²) in [5, 5.41) is 3.01. The van der Waals surface area contributed by atoms with Crippen molar-refractivity contribution >= 4 is 51.9 Å². The van der Waals surface area contributed by atoms with Gasteiger partial charge in [0.1, 0.15) is 10.1 Å². The standard InChI is InChI=1S/C23H24ClNO4S2/c1-4-27-19-12-16(13-20-22(26)25-23(30)31-20)11-18(24)21(19)29-9-5-8-28-17-7-6-14(2)15(3)10-17/h6-7,10-13H,4-5,8-9H2,1-3H3,(H,25,26,30)/b20-13+. The number of aryl methyl sites for hydroxylation is 2. The minimum absolute atomic E-state index is 0.215. The van der Waals surface area contributed by atoms with E-state index in [4.69, 9.17) is 38.0 Å². The second-order valence-electron chi connectivity index (χ2n) is 6.91. The first-order valence-electron chi connectivity index (χ1n) is 9.91. The molecule has 1 heterocycles. The molecule has 3 rings (SSSR count). The first-order chi connectivity index (χ1) is 14.9. The highest BCUT2D eigenvalue weighted by atomic mass is 35.5. The molecule has 1 saturated heterocycles. The minimum atomic E-state index is -0.215. The SMILES string of the molecule is CCOc1cc(/C=C2/SC(=S)NC2=O)cc(Cl)c1OCCCOc1ccc(C)c(C)c1. The summed E-state index contributed by atoms with van der Waals surface area (Å²) in [6.45, 7) is 7.44. The molecule has 8 heteroatoms. The van der Waals surface area contributed by atoms with Crippen molar-refractivity contribution in [3.8, 4) is 17.2 Å². The number of thiocarbonyl (C=S) groups is 1. The Morgan fingerprint density at radius 3 is 2.55 bits per heavy atom. The number of ether oxygens (including phenoxy) is 3. The lowest BCUT2D eigenvalue weighted by atomic mass is 10.1. The van der Waals surface area contributed by atoms with Crippen LogP contribution in [0.3, 0.4) is 0 Å². The highest BCUT2D eigenvalue weighted by molar-refractivity contribution is 8.26. The molecule has 1 aliphatic heterocycles. The van der Waals surface area contributed by atoms with E-state index in [1.807, 2.05) is 25.1 Å². The van der Waals surface area contributed by atoms with Gasteiger partial charge in [-0.25, -0.2) is 0 Å². The van der Waals surface area contributed by atoms with Crippen molar-refractivity contribution in [3.63, 3.8) is 0 Å². The monoisotopic (exact) mass is 477 g/mol. The largest absolute Gasteiger partial charge is 0.493 e. The molecule has 0 aromatic heterocycles. The molecule has 1 aliphatic rings. The van der Waals surface area contributed by atoms with E-state index in [2.05, 4.69) is 19.2 Å². The van der Waals surface area contributed by atoms with Gasteiger partial charge < -0.3 is 19.5 Å². The van der Waals surface area contributed by atoms with Crippen LogP contribution < -0.4 is 19.5 Å². The molecule has 31 heavy (non-hydrogen) atoms. The van der Waals surface area contributed by atoms with Crippen LogP contribution in [0.15, 0.2) is 35.2 Å². The number of thioether (sulfide) groups is 1. The second kappa shape index (κ2) is 10.9. The molecule has 0 radical (unpaired) electrons. The fourth-order valence-electron chi connectivity index (χ4n) is 2.87. The van der Waals surface area contributed by atoms with Gasteiger partial charge in [0, 0.05) is 6.42 Å². The third-order valence-corrected chi connectivity index (χ3v) is 6.00. The van der Waals surface area contributed by atoms with Gasteiger partial charge in [-0.2, -0.15) is 0 Å². The van der Waals surface area contributed by atoms with E-state index in [9.17, 15) is 4.79 Å². The van der Waals surface area contributed by atoms with Crippen LogP contribution in [0.5, 0.6) is 17.2 Å². The number of carbonyl (C=O) groups is 1. The molecule has 0 bridgehead atoms. The lowest BCUT2D eigenvalue weighted by molar-refractivity contribution is -0.115. The maximum Gasteiger partial charge on any atom is 0.263 e. The summed E-state index contributed by atoms with van der Waals surface area (Å²) >= 11 is 12.7. The first kappa shape index (κ1) is 23.4. The van der Waals surface area contributed by atoms with Gasteiger partial charge in [-0.3, -0.25) is 4.79 Å². The molecular formula is C23H24ClNO4S2. The number of rotatable bonds is 9. The fraction of sp³-hybridized carbons (Fsp3) is 0.304. The van der Waals surface area contributed by atoms with Gasteiger partial charge in [0.2, 0.25) is 0 Å². The molecule has 0 spiro atoms. The fourth-order valence-corrected chi connectivity index (χ4v) is 4.19. The van der Waals surface area contributed by atoms with Gasteiger partial charge in [-0.05, 0) is 67.8 Å². The smallest absolute Gasteiger partial charge is 0.263 e. The van der Waals surface area contributed by atoms with Gasteiger partial charge >= 0.3 is 0 Å². The number of benzene rings is 2. The summed E-state index contributed by atoms with van der Waals surface area (Å²) in [6, 6.07) is 9.60. The molecule has 0 aliphatic carbocycles. The molecule has 1 N–H and O–H groups in total. The van der Waals surface area contributed by atoms with Crippen LogP contribution in [0.25, 0.3) is 6.08 Å². The molecule has 5 nitrogen and oxygen atoms in total. The van der Waals surface area contributed by atoms with E-state index >= 15 is 0 Å². The van der Waals surface area contributed by atoms with Crippen LogP contribution in [0.4, 0.5) is 0 Å². The molecule has 1 fully saturated rings. The zero-order chi connectivity index (χ0) is 22.4. The number of nitrogens with one attached hydrogen (secondary N) is 1. The summed E-state index contributed by atoms with van der Waals surface area (Å²) in [6.07, 6.45) is 2.42. The summed E-state index contributed by atoms with van der Waals surface area (Å²) in [7, 11) is 0. The van der Waals surface area contributed by atoms with Gasteiger partial charge in [0.05, 0.1) is 29.7 Å². The maximum absolute atomic E-state index is 11.9. The number of amides is 1. The van der Waals surface area contributed by atoms with E-state index in [1.54, 1.807) is 18.2 Å². The quantitative estimate of drug-likeness (QED) is 0.284. The Labute approximate surface area is 197 Å². The van der Waals surface area contributed by atoms with E-state index in [0.29, 0.717) is 52.0 Å². The zero-order valence-corrected chi connectivity index (χ0v) is 20.0. The first-order valence-corrected chi connectivity index (χ1v) is 11.5. The predicted molar refractivity (Wildman–Crippen MR) is 130 cm³/mol. The Hall–Kier alpha value is -2.22. The van der Waals surface area contributed by atoms with Crippen molar-refractivity contribution < 1.29 is 19.0 Å². The van der Waals surface area contributed by atoms with E-state index < -0.39 is 0 Å². The Balaban J connectivity index is 1.62. The lowest BCUT2D eigenvalue weighted by Gasteiger charge is -2.15. The summed E-state index contributed by atoms with van der Waals surface area (Å²) < 4.78 is 17.9. The molecule has 2 aromatic carbocycles. The Bertz CT molecular complexity index is 1020. The molecule has 2 aromatic rings. The van der Waals surface area contributed by atoms with Crippen LogP contribution >= 0.6 is 35.6 Å². The lowest BCUT2D eigenvalue weighted by Crippen LogP contribution is -2.17. The molecular weight excluding hydrogens is 454 g/mol. The Morgan fingerprint density at radius 1 is 1.10 bits per heavy atom. The van der Waals surface area contributed by atoms with E-state index in [0.717, 1.165) is 11.3 Å². The molecule has 0 unspecified atom stereocenters. The molecule has 1 amide bonds. The van der Waals surface area contributed by atoms with Crippen LogP contribution in [0, 0.1) is 13.8 Å². The summed E-state index contributed by atoms with van der Waals surface area (Å²) in [5.41, 5.74) is 3.18. The topological polar surface area (TPSA) is 56.8 Å². The van der Waals surface area contributed by atoms with Crippen LogP contribution in [-0.2, 0) is 4.79 Å². The number of hydrogen-bond acceptors (Lipinski definition) is 6. The predicted octanol–water partition coefficient (Wildman–Crippen LogP) is 5.69. The molecule has 164 valence electrons. The number of halogens is 1. The maximum atomic E-state index is 11.9. The Kier molecular flexibility index (Phi) is 8.23. The van der Waals surface area contributed by atoms with Crippen molar-refractivity contribution in [1.82, 2.24) is 5.32 Å².